The molecule has 2 amide bonds. The Morgan fingerprint density at radius 1 is 1.19 bits per heavy atom. The van der Waals surface area contributed by atoms with E-state index >= 15 is 0 Å². The van der Waals surface area contributed by atoms with E-state index in [0.717, 1.165) is 25.2 Å². The zero-order valence-electron chi connectivity index (χ0n) is 15.8. The van der Waals surface area contributed by atoms with Crippen molar-refractivity contribution < 1.29 is 14.3 Å². The standard InChI is InChI=1S/C20H28N4O3/c25-19(7-6-16-5-4-8-21-13-16)23-14-17-18(15-23)27-20(26)24(17)12-11-22-9-2-1-3-10-22/h4-5,8,13,17-18H,1-3,6-7,9-12,14-15H2/t17-,18+/m0/s1. The van der Waals surface area contributed by atoms with Crippen LogP contribution >= 0.6 is 0 Å². The molecule has 7 nitrogen and oxygen atoms in total. The summed E-state index contributed by atoms with van der Waals surface area (Å²) in [7, 11) is 0. The molecule has 3 aliphatic rings. The predicted octanol–water partition coefficient (Wildman–Crippen LogP) is 1.53. The van der Waals surface area contributed by atoms with E-state index in [1.54, 1.807) is 12.4 Å². The molecule has 0 aliphatic carbocycles. The molecule has 0 unspecified atom stereocenters. The van der Waals surface area contributed by atoms with E-state index in [9.17, 15) is 9.59 Å². The quantitative estimate of drug-likeness (QED) is 0.758. The Bertz CT molecular complexity index is 662. The SMILES string of the molecule is O=C(CCc1cccnc1)N1C[C@H]2OC(=O)N(CCN3CCCCC3)[C@H]2C1. The van der Waals surface area contributed by atoms with Gasteiger partial charge >= 0.3 is 6.09 Å². The molecule has 7 heteroatoms. The highest BCUT2D eigenvalue weighted by atomic mass is 16.6. The number of pyridine rings is 1. The number of rotatable bonds is 6. The van der Waals surface area contributed by atoms with Crippen LogP contribution in [0.2, 0.25) is 0 Å². The first-order valence-electron chi connectivity index (χ1n) is 10.1. The van der Waals surface area contributed by atoms with Crippen molar-refractivity contribution in [1.82, 2.24) is 19.7 Å². The van der Waals surface area contributed by atoms with E-state index in [4.69, 9.17) is 4.74 Å². The number of carbonyl (C=O) groups excluding carboxylic acids is 2. The Morgan fingerprint density at radius 2 is 2.04 bits per heavy atom. The minimum atomic E-state index is -0.218. The molecule has 0 aromatic carbocycles. The second-order valence-electron chi connectivity index (χ2n) is 7.75. The van der Waals surface area contributed by atoms with E-state index in [2.05, 4.69) is 9.88 Å². The third kappa shape index (κ3) is 4.24. The number of fused-ring (bicyclic) bond motifs is 1. The van der Waals surface area contributed by atoms with Crippen LogP contribution in [0.4, 0.5) is 4.79 Å². The van der Waals surface area contributed by atoms with Gasteiger partial charge in [0.15, 0.2) is 0 Å². The Hall–Kier alpha value is -2.15. The van der Waals surface area contributed by atoms with E-state index in [0.29, 0.717) is 32.5 Å². The Balaban J connectivity index is 1.28. The van der Waals surface area contributed by atoms with E-state index in [-0.39, 0.29) is 24.1 Å². The van der Waals surface area contributed by atoms with E-state index in [1.807, 2.05) is 21.9 Å². The molecule has 1 aromatic rings. The maximum Gasteiger partial charge on any atom is 0.410 e. The van der Waals surface area contributed by atoms with Gasteiger partial charge in [0.1, 0.15) is 6.10 Å². The Kier molecular flexibility index (Phi) is 5.57. The summed E-state index contributed by atoms with van der Waals surface area (Å²) in [6.07, 6.45) is 8.10. The molecular weight excluding hydrogens is 344 g/mol. The molecule has 4 rings (SSSR count). The molecule has 1 aromatic heterocycles. The fourth-order valence-electron chi connectivity index (χ4n) is 4.35. The lowest BCUT2D eigenvalue weighted by Gasteiger charge is -2.29. The van der Waals surface area contributed by atoms with Crippen molar-refractivity contribution in [2.75, 3.05) is 39.3 Å². The van der Waals surface area contributed by atoms with Crippen molar-refractivity contribution in [3.05, 3.63) is 30.1 Å². The molecule has 0 spiro atoms. The van der Waals surface area contributed by atoms with Crippen molar-refractivity contribution in [1.29, 1.82) is 0 Å². The monoisotopic (exact) mass is 372 g/mol. The van der Waals surface area contributed by atoms with E-state index < -0.39 is 0 Å². The first-order valence-corrected chi connectivity index (χ1v) is 10.1. The number of hydrogen-bond donors (Lipinski definition) is 0. The number of carbonyl (C=O) groups is 2. The lowest BCUT2D eigenvalue weighted by Crippen LogP contribution is -2.44. The first kappa shape index (κ1) is 18.2. The maximum atomic E-state index is 12.6. The van der Waals surface area contributed by atoms with E-state index in [1.165, 1.54) is 19.3 Å². The third-order valence-corrected chi connectivity index (χ3v) is 5.93. The summed E-state index contributed by atoms with van der Waals surface area (Å²) in [6.45, 7) is 4.93. The van der Waals surface area contributed by atoms with Gasteiger partial charge in [-0.3, -0.25) is 14.7 Å². The van der Waals surface area contributed by atoms with Gasteiger partial charge in [-0.2, -0.15) is 0 Å². The molecule has 3 fully saturated rings. The lowest BCUT2D eigenvalue weighted by atomic mass is 10.1. The highest BCUT2D eigenvalue weighted by Gasteiger charge is 2.48. The summed E-state index contributed by atoms with van der Waals surface area (Å²) >= 11 is 0. The molecule has 146 valence electrons. The predicted molar refractivity (Wildman–Crippen MR) is 100 cm³/mol. The van der Waals surface area contributed by atoms with Crippen molar-refractivity contribution in [3.63, 3.8) is 0 Å². The largest absolute Gasteiger partial charge is 0.442 e. The van der Waals surface area contributed by atoms with Crippen LogP contribution < -0.4 is 0 Å². The van der Waals surface area contributed by atoms with Crippen LogP contribution in [0.1, 0.15) is 31.2 Å². The maximum absolute atomic E-state index is 12.6. The summed E-state index contributed by atoms with van der Waals surface area (Å²) in [5.41, 5.74) is 1.07. The second-order valence-corrected chi connectivity index (χ2v) is 7.75. The molecule has 3 saturated heterocycles. The van der Waals surface area contributed by atoms with Crippen molar-refractivity contribution in [2.24, 2.45) is 0 Å². The van der Waals surface area contributed by atoms with Crippen LogP contribution in [-0.4, -0.2) is 83.1 Å². The molecule has 4 heterocycles. The van der Waals surface area contributed by atoms with Crippen LogP contribution in [-0.2, 0) is 16.0 Å². The van der Waals surface area contributed by atoms with Gasteiger partial charge in [0, 0.05) is 38.4 Å². The highest BCUT2D eigenvalue weighted by Crippen LogP contribution is 2.27. The molecule has 2 atom stereocenters. The zero-order valence-corrected chi connectivity index (χ0v) is 15.8. The van der Waals surface area contributed by atoms with Gasteiger partial charge < -0.3 is 14.5 Å². The van der Waals surface area contributed by atoms with Gasteiger partial charge in [0.05, 0.1) is 12.6 Å². The number of nitrogens with zero attached hydrogens (tertiary/aromatic N) is 4. The molecule has 0 N–H and O–H groups in total. The average Bonchev–Trinajstić information content (AvgIpc) is 3.23. The van der Waals surface area contributed by atoms with Crippen LogP contribution in [0, 0.1) is 0 Å². The molecule has 0 bridgehead atoms. The Morgan fingerprint density at radius 3 is 2.81 bits per heavy atom. The van der Waals surface area contributed by atoms with Crippen LogP contribution in [0.5, 0.6) is 0 Å². The number of likely N-dealkylation sites (tertiary alicyclic amines) is 2. The fourth-order valence-corrected chi connectivity index (χ4v) is 4.35. The number of amides is 2. The summed E-state index contributed by atoms with van der Waals surface area (Å²) < 4.78 is 5.55. The summed E-state index contributed by atoms with van der Waals surface area (Å²) in [4.78, 5) is 35.0. The number of ether oxygens (including phenoxy) is 1. The smallest absolute Gasteiger partial charge is 0.410 e. The molecule has 0 saturated carbocycles. The minimum Gasteiger partial charge on any atom is -0.442 e. The molecule has 27 heavy (non-hydrogen) atoms. The van der Waals surface area contributed by atoms with Gasteiger partial charge in [-0.15, -0.1) is 0 Å². The van der Waals surface area contributed by atoms with Gasteiger partial charge in [-0.05, 0) is 44.0 Å². The highest BCUT2D eigenvalue weighted by molar-refractivity contribution is 5.78. The van der Waals surface area contributed by atoms with Crippen molar-refractivity contribution >= 4 is 12.0 Å². The molecule has 3 aliphatic heterocycles. The average molecular weight is 372 g/mol. The number of aryl methyl sites for hydroxylation is 1. The van der Waals surface area contributed by atoms with Gasteiger partial charge in [-0.25, -0.2) is 4.79 Å². The summed E-state index contributed by atoms with van der Waals surface area (Å²) in [5, 5.41) is 0. The van der Waals surface area contributed by atoms with Crippen LogP contribution in [0.3, 0.4) is 0 Å². The summed E-state index contributed by atoms with van der Waals surface area (Å²) in [6, 6.07) is 3.88. The molecular formula is C20H28N4O3. The van der Waals surface area contributed by atoms with Crippen LogP contribution in [0.15, 0.2) is 24.5 Å². The van der Waals surface area contributed by atoms with Crippen LogP contribution in [0.25, 0.3) is 0 Å². The topological polar surface area (TPSA) is 66.0 Å². The van der Waals surface area contributed by atoms with Crippen molar-refractivity contribution in [2.45, 2.75) is 44.2 Å². The minimum absolute atomic E-state index is 0.00429. The van der Waals surface area contributed by atoms with Crippen molar-refractivity contribution in [3.8, 4) is 0 Å². The molecule has 0 radical (unpaired) electrons. The number of hydrogen-bond acceptors (Lipinski definition) is 5. The fraction of sp³-hybridized carbons (Fsp3) is 0.650. The first-order chi connectivity index (χ1) is 13.2. The second kappa shape index (κ2) is 8.25. The third-order valence-electron chi connectivity index (χ3n) is 5.93. The number of aromatic nitrogens is 1. The van der Waals surface area contributed by atoms with Gasteiger partial charge in [0.2, 0.25) is 5.91 Å². The lowest BCUT2D eigenvalue weighted by molar-refractivity contribution is -0.130. The summed E-state index contributed by atoms with van der Waals surface area (Å²) in [5.74, 6) is 0.125. The Labute approximate surface area is 160 Å². The van der Waals surface area contributed by atoms with Gasteiger partial charge in [0.25, 0.3) is 0 Å². The van der Waals surface area contributed by atoms with Gasteiger partial charge in [-0.1, -0.05) is 12.5 Å². The normalized spacial score (nSPS) is 25.6. The number of piperidine rings is 1. The zero-order chi connectivity index (χ0) is 18.6.